The van der Waals surface area contributed by atoms with Crippen molar-refractivity contribution in [3.8, 4) is 5.75 Å². The topological polar surface area (TPSA) is 46.6 Å². The van der Waals surface area contributed by atoms with E-state index in [9.17, 15) is 9.59 Å². The highest BCUT2D eigenvalue weighted by molar-refractivity contribution is 6.35. The number of benzene rings is 1. The number of piperidine rings is 1. The quantitative estimate of drug-likeness (QED) is 0.782. The van der Waals surface area contributed by atoms with Crippen molar-refractivity contribution in [2.75, 3.05) is 20.2 Å². The summed E-state index contributed by atoms with van der Waals surface area (Å²) in [5, 5.41) is 0. The number of ether oxygens (including phenoxy) is 1. The molecule has 2 rings (SSSR count). The molecule has 0 spiro atoms. The number of likely N-dealkylation sites (tertiary alicyclic amines) is 1. The van der Waals surface area contributed by atoms with Gasteiger partial charge in [0.1, 0.15) is 5.75 Å². The standard InChI is InChI=1S/C15H19NO3/c1-11(17)15(18)16-9-7-12(8-10-16)13-5-3-4-6-14(13)19-2/h3-6,12H,7-10H2,1-2H3. The molecule has 0 unspecified atom stereocenters. The Morgan fingerprint density at radius 2 is 1.84 bits per heavy atom. The SMILES string of the molecule is COc1ccccc1C1CCN(C(=O)C(C)=O)CC1. The Hall–Kier alpha value is -1.84. The first-order valence-corrected chi connectivity index (χ1v) is 6.56. The van der Waals surface area contributed by atoms with E-state index in [-0.39, 0.29) is 11.7 Å². The van der Waals surface area contributed by atoms with Gasteiger partial charge in [-0.05, 0) is 30.4 Å². The summed E-state index contributed by atoms with van der Waals surface area (Å²) in [6.07, 6.45) is 1.75. The van der Waals surface area contributed by atoms with Gasteiger partial charge in [0.05, 0.1) is 7.11 Å². The summed E-state index contributed by atoms with van der Waals surface area (Å²) >= 11 is 0. The first-order chi connectivity index (χ1) is 9.13. The van der Waals surface area contributed by atoms with E-state index in [2.05, 4.69) is 6.07 Å². The fourth-order valence-corrected chi connectivity index (χ4v) is 2.62. The molecular weight excluding hydrogens is 242 g/mol. The predicted octanol–water partition coefficient (Wildman–Crippen LogP) is 1.99. The fourth-order valence-electron chi connectivity index (χ4n) is 2.62. The van der Waals surface area contributed by atoms with E-state index in [1.807, 2.05) is 18.2 Å². The number of ketones is 1. The maximum atomic E-state index is 11.6. The maximum absolute atomic E-state index is 11.6. The second-order valence-electron chi connectivity index (χ2n) is 4.86. The zero-order valence-electron chi connectivity index (χ0n) is 11.4. The van der Waals surface area contributed by atoms with Crippen LogP contribution in [0.5, 0.6) is 5.75 Å². The second kappa shape index (κ2) is 5.87. The molecule has 0 N–H and O–H groups in total. The van der Waals surface area contributed by atoms with Gasteiger partial charge in [0.25, 0.3) is 5.91 Å². The molecule has 102 valence electrons. The van der Waals surface area contributed by atoms with Crippen LogP contribution in [0.25, 0.3) is 0 Å². The van der Waals surface area contributed by atoms with Crippen molar-refractivity contribution in [1.29, 1.82) is 0 Å². The van der Waals surface area contributed by atoms with E-state index < -0.39 is 0 Å². The molecule has 1 fully saturated rings. The van der Waals surface area contributed by atoms with Gasteiger partial charge in [0.15, 0.2) is 0 Å². The lowest BCUT2D eigenvalue weighted by molar-refractivity contribution is -0.144. The van der Waals surface area contributed by atoms with Crippen LogP contribution >= 0.6 is 0 Å². The summed E-state index contributed by atoms with van der Waals surface area (Å²) in [6.45, 7) is 2.61. The Morgan fingerprint density at radius 3 is 2.42 bits per heavy atom. The van der Waals surface area contributed by atoms with Crippen LogP contribution in [-0.2, 0) is 9.59 Å². The van der Waals surface area contributed by atoms with E-state index in [1.54, 1.807) is 12.0 Å². The van der Waals surface area contributed by atoms with Gasteiger partial charge in [-0.3, -0.25) is 9.59 Å². The molecule has 1 amide bonds. The minimum Gasteiger partial charge on any atom is -0.496 e. The Kier molecular flexibility index (Phi) is 4.20. The highest BCUT2D eigenvalue weighted by atomic mass is 16.5. The summed E-state index contributed by atoms with van der Waals surface area (Å²) in [5.41, 5.74) is 1.19. The third kappa shape index (κ3) is 2.95. The van der Waals surface area contributed by atoms with Crippen molar-refractivity contribution in [2.24, 2.45) is 0 Å². The third-order valence-electron chi connectivity index (χ3n) is 3.66. The molecule has 0 radical (unpaired) electrons. The molecule has 0 aliphatic carbocycles. The zero-order valence-corrected chi connectivity index (χ0v) is 11.4. The van der Waals surface area contributed by atoms with Crippen molar-refractivity contribution >= 4 is 11.7 Å². The van der Waals surface area contributed by atoms with Gasteiger partial charge in [0, 0.05) is 20.0 Å². The lowest BCUT2D eigenvalue weighted by Crippen LogP contribution is -2.40. The minimum absolute atomic E-state index is 0.363. The Morgan fingerprint density at radius 1 is 1.21 bits per heavy atom. The number of para-hydroxylation sites is 1. The average molecular weight is 261 g/mol. The molecule has 1 aromatic carbocycles. The Bertz CT molecular complexity index is 476. The maximum Gasteiger partial charge on any atom is 0.289 e. The van der Waals surface area contributed by atoms with Crippen molar-refractivity contribution in [1.82, 2.24) is 4.90 Å². The summed E-state index contributed by atoms with van der Waals surface area (Å²) in [5.74, 6) is 0.556. The number of amides is 1. The molecule has 0 bridgehead atoms. The van der Waals surface area contributed by atoms with Crippen LogP contribution in [0.2, 0.25) is 0 Å². The van der Waals surface area contributed by atoms with E-state index >= 15 is 0 Å². The average Bonchev–Trinajstić information content (AvgIpc) is 2.46. The molecule has 19 heavy (non-hydrogen) atoms. The van der Waals surface area contributed by atoms with E-state index in [1.165, 1.54) is 12.5 Å². The van der Waals surface area contributed by atoms with Crippen LogP contribution in [-0.4, -0.2) is 36.8 Å². The highest BCUT2D eigenvalue weighted by Crippen LogP contribution is 2.33. The van der Waals surface area contributed by atoms with Gasteiger partial charge < -0.3 is 9.64 Å². The zero-order chi connectivity index (χ0) is 13.8. The van der Waals surface area contributed by atoms with Gasteiger partial charge in [-0.15, -0.1) is 0 Å². The van der Waals surface area contributed by atoms with Crippen molar-refractivity contribution in [2.45, 2.75) is 25.7 Å². The number of carbonyl (C=O) groups is 2. The summed E-state index contributed by atoms with van der Waals surface area (Å²) in [6, 6.07) is 8.00. The summed E-state index contributed by atoms with van der Waals surface area (Å²) in [7, 11) is 1.67. The molecule has 1 saturated heterocycles. The van der Waals surface area contributed by atoms with E-state index in [0.29, 0.717) is 19.0 Å². The molecule has 4 heteroatoms. The van der Waals surface area contributed by atoms with Gasteiger partial charge in [-0.1, -0.05) is 18.2 Å². The number of hydrogen-bond acceptors (Lipinski definition) is 3. The largest absolute Gasteiger partial charge is 0.496 e. The number of rotatable bonds is 3. The number of hydrogen-bond donors (Lipinski definition) is 0. The first kappa shape index (κ1) is 13.6. The third-order valence-corrected chi connectivity index (χ3v) is 3.66. The normalized spacial score (nSPS) is 16.2. The van der Waals surface area contributed by atoms with Crippen LogP contribution in [0, 0.1) is 0 Å². The fraction of sp³-hybridized carbons (Fsp3) is 0.467. The van der Waals surface area contributed by atoms with Gasteiger partial charge in [-0.2, -0.15) is 0 Å². The van der Waals surface area contributed by atoms with Gasteiger partial charge in [-0.25, -0.2) is 0 Å². The van der Waals surface area contributed by atoms with E-state index in [4.69, 9.17) is 4.74 Å². The van der Waals surface area contributed by atoms with E-state index in [0.717, 1.165) is 18.6 Å². The molecule has 0 aromatic heterocycles. The van der Waals surface area contributed by atoms with Crippen LogP contribution in [0.1, 0.15) is 31.2 Å². The molecule has 1 aliphatic rings. The van der Waals surface area contributed by atoms with Crippen LogP contribution < -0.4 is 4.74 Å². The molecule has 0 saturated carbocycles. The van der Waals surface area contributed by atoms with Crippen molar-refractivity contribution in [3.63, 3.8) is 0 Å². The minimum atomic E-state index is -0.379. The van der Waals surface area contributed by atoms with Crippen molar-refractivity contribution < 1.29 is 14.3 Å². The lowest BCUT2D eigenvalue weighted by Gasteiger charge is -2.32. The first-order valence-electron chi connectivity index (χ1n) is 6.56. The number of carbonyl (C=O) groups excluding carboxylic acids is 2. The van der Waals surface area contributed by atoms with Crippen molar-refractivity contribution in [3.05, 3.63) is 29.8 Å². The highest BCUT2D eigenvalue weighted by Gasteiger charge is 2.26. The molecule has 0 atom stereocenters. The number of nitrogens with zero attached hydrogens (tertiary/aromatic N) is 1. The summed E-state index contributed by atoms with van der Waals surface area (Å²) < 4.78 is 5.38. The molecule has 1 aromatic rings. The molecular formula is C15H19NO3. The van der Waals surface area contributed by atoms with Crippen LogP contribution in [0.15, 0.2) is 24.3 Å². The predicted molar refractivity (Wildman–Crippen MR) is 72.2 cm³/mol. The lowest BCUT2D eigenvalue weighted by atomic mass is 9.88. The monoisotopic (exact) mass is 261 g/mol. The smallest absolute Gasteiger partial charge is 0.289 e. The Labute approximate surface area is 113 Å². The molecule has 1 aliphatic heterocycles. The second-order valence-corrected chi connectivity index (χ2v) is 4.86. The Balaban J connectivity index is 2.04. The number of Topliss-reactive ketones (excluding diaryl/α,β-unsaturated/α-hetero) is 1. The van der Waals surface area contributed by atoms with Crippen LogP contribution in [0.4, 0.5) is 0 Å². The molecule has 4 nitrogen and oxygen atoms in total. The van der Waals surface area contributed by atoms with Gasteiger partial charge >= 0.3 is 0 Å². The molecule has 1 heterocycles. The number of methoxy groups -OCH3 is 1. The van der Waals surface area contributed by atoms with Gasteiger partial charge in [0.2, 0.25) is 5.78 Å². The summed E-state index contributed by atoms with van der Waals surface area (Å²) in [4.78, 5) is 24.3. The van der Waals surface area contributed by atoms with Crippen LogP contribution in [0.3, 0.4) is 0 Å².